The van der Waals surface area contributed by atoms with Crippen LogP contribution in [0.1, 0.15) is 41.6 Å². The Bertz CT molecular complexity index is 1540. The first-order chi connectivity index (χ1) is 20.0. The summed E-state index contributed by atoms with van der Waals surface area (Å²) in [5, 5.41) is 15.0. The molecule has 0 atom stereocenters. The number of carbonyl (C=O) groups is 2. The smallest absolute Gasteiger partial charge is 0.475 e. The van der Waals surface area contributed by atoms with Crippen molar-refractivity contribution in [1.82, 2.24) is 15.3 Å². The lowest BCUT2D eigenvalue weighted by atomic mass is 9.91. The number of carbonyl (C=O) groups excluding carboxylic acids is 1. The molecule has 2 heterocycles. The molecule has 4 aromatic rings. The molecule has 220 valence electrons. The molecular weight excluding hydrogens is 556 g/mol. The number of carboxylic acids is 1. The van der Waals surface area contributed by atoms with E-state index in [1.165, 1.54) is 35.2 Å². The number of para-hydroxylation sites is 1. The van der Waals surface area contributed by atoms with Crippen LogP contribution >= 0.6 is 0 Å². The fraction of sp³-hybridized carbons (Fsp3) is 0.267. The molecular formula is C30H28F4N4O4. The molecule has 3 N–H and O–H groups in total. The van der Waals surface area contributed by atoms with E-state index in [1.807, 2.05) is 18.2 Å². The number of pyridine rings is 2. The van der Waals surface area contributed by atoms with Gasteiger partial charge in [0.2, 0.25) is 5.88 Å². The molecule has 8 nitrogen and oxygen atoms in total. The second-order valence-electron chi connectivity index (χ2n) is 9.72. The number of fused-ring (bicyclic) bond motifs is 1. The van der Waals surface area contributed by atoms with Gasteiger partial charge in [-0.3, -0.25) is 4.79 Å². The number of aromatic nitrogens is 2. The Morgan fingerprint density at radius 1 is 0.952 bits per heavy atom. The zero-order chi connectivity index (χ0) is 30.3. The predicted octanol–water partition coefficient (Wildman–Crippen LogP) is 6.66. The Morgan fingerprint density at radius 2 is 1.60 bits per heavy atom. The number of aliphatic carboxylic acids is 1. The van der Waals surface area contributed by atoms with Gasteiger partial charge in [-0.15, -0.1) is 0 Å². The lowest BCUT2D eigenvalue weighted by molar-refractivity contribution is -0.192. The quantitative estimate of drug-likeness (QED) is 0.217. The number of ether oxygens (including phenoxy) is 1. The number of nitrogens with one attached hydrogen (secondary N) is 2. The highest BCUT2D eigenvalue weighted by molar-refractivity contribution is 5.96. The van der Waals surface area contributed by atoms with E-state index in [9.17, 15) is 22.4 Å². The van der Waals surface area contributed by atoms with Gasteiger partial charge in [0.15, 0.2) is 0 Å². The van der Waals surface area contributed by atoms with E-state index in [0.29, 0.717) is 17.4 Å². The van der Waals surface area contributed by atoms with E-state index in [0.717, 1.165) is 37.0 Å². The van der Waals surface area contributed by atoms with Crippen molar-refractivity contribution in [3.05, 3.63) is 89.9 Å². The molecule has 2 aromatic carbocycles. The van der Waals surface area contributed by atoms with Crippen LogP contribution in [0, 0.1) is 12.7 Å². The van der Waals surface area contributed by atoms with Crippen LogP contribution in [0.15, 0.2) is 72.9 Å². The van der Waals surface area contributed by atoms with Gasteiger partial charge in [0, 0.05) is 23.7 Å². The molecule has 1 fully saturated rings. The van der Waals surface area contributed by atoms with Gasteiger partial charge in [0.05, 0.1) is 5.52 Å². The van der Waals surface area contributed by atoms with Gasteiger partial charge in [0.1, 0.15) is 22.9 Å². The number of alkyl halides is 3. The molecule has 0 spiro atoms. The standard InChI is InChI=1S/C28H27FN4O2.C2HF3O2/c1-18-17-26(33-25-7-3-2-5-23(18)25)31-20-10-12-21(13-11-20)32-27(34)24-6-4-16-30-28(24)35-22-14-8-19(29)9-15-22;3-2(4,5)1(6)7/h2-9,14-17,20-21H,10-13H2,1H3,(H,31,33)(H,32,34);(H,6,7)/t20-,21+;. The zero-order valence-electron chi connectivity index (χ0n) is 22.5. The molecule has 5 rings (SSSR count). The molecule has 1 saturated carbocycles. The van der Waals surface area contributed by atoms with Gasteiger partial charge in [-0.1, -0.05) is 18.2 Å². The minimum Gasteiger partial charge on any atom is -0.475 e. The van der Waals surface area contributed by atoms with Crippen LogP contribution in [-0.2, 0) is 4.79 Å². The fourth-order valence-electron chi connectivity index (χ4n) is 4.54. The molecule has 0 unspecified atom stereocenters. The summed E-state index contributed by atoms with van der Waals surface area (Å²) in [6, 6.07) is 19.7. The normalized spacial score (nSPS) is 16.6. The van der Waals surface area contributed by atoms with Gasteiger partial charge in [-0.2, -0.15) is 13.2 Å². The molecule has 1 amide bonds. The summed E-state index contributed by atoms with van der Waals surface area (Å²) in [4.78, 5) is 30.9. The van der Waals surface area contributed by atoms with Crippen molar-refractivity contribution in [3.8, 4) is 11.6 Å². The van der Waals surface area contributed by atoms with Crippen LogP contribution in [0.3, 0.4) is 0 Å². The van der Waals surface area contributed by atoms with Crippen LogP contribution in [0.2, 0.25) is 0 Å². The number of nitrogens with zero attached hydrogens (tertiary/aromatic N) is 2. The van der Waals surface area contributed by atoms with Crippen molar-refractivity contribution in [2.24, 2.45) is 0 Å². The number of carboxylic acid groups (broad SMARTS) is 1. The van der Waals surface area contributed by atoms with E-state index >= 15 is 0 Å². The summed E-state index contributed by atoms with van der Waals surface area (Å²) in [6.45, 7) is 2.11. The van der Waals surface area contributed by atoms with Crippen LogP contribution in [0.25, 0.3) is 10.9 Å². The van der Waals surface area contributed by atoms with Crippen molar-refractivity contribution in [1.29, 1.82) is 0 Å². The molecule has 42 heavy (non-hydrogen) atoms. The number of anilines is 1. The van der Waals surface area contributed by atoms with E-state index < -0.39 is 12.1 Å². The number of hydrogen-bond acceptors (Lipinski definition) is 6. The Balaban J connectivity index is 0.000000517. The van der Waals surface area contributed by atoms with Crippen molar-refractivity contribution in [3.63, 3.8) is 0 Å². The van der Waals surface area contributed by atoms with Gasteiger partial charge in [-0.25, -0.2) is 19.2 Å². The van der Waals surface area contributed by atoms with Gasteiger partial charge in [-0.05, 0) is 86.7 Å². The highest BCUT2D eigenvalue weighted by Gasteiger charge is 2.38. The molecule has 0 bridgehead atoms. The lowest BCUT2D eigenvalue weighted by Gasteiger charge is -2.30. The summed E-state index contributed by atoms with van der Waals surface area (Å²) in [5.41, 5.74) is 2.55. The number of benzene rings is 2. The fourth-order valence-corrected chi connectivity index (χ4v) is 4.54. The minimum absolute atomic E-state index is 0.0747. The first-order valence-electron chi connectivity index (χ1n) is 13.1. The monoisotopic (exact) mass is 584 g/mol. The van der Waals surface area contributed by atoms with E-state index in [1.54, 1.807) is 18.3 Å². The van der Waals surface area contributed by atoms with Crippen molar-refractivity contribution in [2.45, 2.75) is 50.9 Å². The largest absolute Gasteiger partial charge is 0.490 e. The minimum atomic E-state index is -5.08. The molecule has 2 aromatic heterocycles. The summed E-state index contributed by atoms with van der Waals surface area (Å²) in [6.07, 6.45) is 0.0821. The molecule has 0 aliphatic heterocycles. The van der Waals surface area contributed by atoms with Crippen LogP contribution < -0.4 is 15.4 Å². The maximum Gasteiger partial charge on any atom is 0.490 e. The Hall–Kier alpha value is -4.74. The third-order valence-corrected chi connectivity index (χ3v) is 6.62. The third kappa shape index (κ3) is 8.15. The number of halogens is 4. The zero-order valence-corrected chi connectivity index (χ0v) is 22.5. The summed E-state index contributed by atoms with van der Waals surface area (Å²) in [5.74, 6) is -1.82. The van der Waals surface area contributed by atoms with Crippen LogP contribution in [-0.4, -0.2) is 45.2 Å². The van der Waals surface area contributed by atoms with Gasteiger partial charge in [0.25, 0.3) is 5.91 Å². The number of aryl methyl sites for hydroxylation is 1. The van der Waals surface area contributed by atoms with E-state index in [2.05, 4.69) is 34.7 Å². The molecule has 0 radical (unpaired) electrons. The predicted molar refractivity (Wildman–Crippen MR) is 148 cm³/mol. The average molecular weight is 585 g/mol. The summed E-state index contributed by atoms with van der Waals surface area (Å²) in [7, 11) is 0. The maximum atomic E-state index is 13.2. The SMILES string of the molecule is Cc1cc(N[C@H]2CC[C@@H](NC(=O)c3cccnc3Oc3ccc(F)cc3)CC2)nc2ccccc12.O=C(O)C(F)(F)F. The number of amides is 1. The second kappa shape index (κ2) is 13.3. The van der Waals surface area contributed by atoms with Crippen molar-refractivity contribution in [2.75, 3.05) is 5.32 Å². The summed E-state index contributed by atoms with van der Waals surface area (Å²) < 4.78 is 50.7. The van der Waals surface area contributed by atoms with Gasteiger partial charge >= 0.3 is 12.1 Å². The maximum absolute atomic E-state index is 13.2. The Labute approximate surface area is 238 Å². The first kappa shape index (κ1) is 30.2. The second-order valence-corrected chi connectivity index (χ2v) is 9.72. The topological polar surface area (TPSA) is 113 Å². The first-order valence-corrected chi connectivity index (χ1v) is 13.1. The lowest BCUT2D eigenvalue weighted by Crippen LogP contribution is -2.40. The third-order valence-electron chi connectivity index (χ3n) is 6.62. The van der Waals surface area contributed by atoms with Gasteiger partial charge < -0.3 is 20.5 Å². The van der Waals surface area contributed by atoms with Crippen LogP contribution in [0.5, 0.6) is 11.6 Å². The number of rotatable bonds is 6. The van der Waals surface area contributed by atoms with Crippen molar-refractivity contribution >= 4 is 28.6 Å². The average Bonchev–Trinajstić information content (AvgIpc) is 2.95. The van der Waals surface area contributed by atoms with E-state index in [4.69, 9.17) is 19.6 Å². The Kier molecular flexibility index (Phi) is 9.56. The number of hydrogen-bond donors (Lipinski definition) is 3. The Morgan fingerprint density at radius 3 is 2.26 bits per heavy atom. The molecule has 1 aliphatic rings. The van der Waals surface area contributed by atoms with E-state index in [-0.39, 0.29) is 23.6 Å². The highest BCUT2D eigenvalue weighted by Crippen LogP contribution is 2.27. The molecule has 1 aliphatic carbocycles. The molecule has 12 heteroatoms. The highest BCUT2D eigenvalue weighted by atomic mass is 19.4. The molecule has 0 saturated heterocycles. The summed E-state index contributed by atoms with van der Waals surface area (Å²) >= 11 is 0. The van der Waals surface area contributed by atoms with Crippen LogP contribution in [0.4, 0.5) is 23.4 Å². The van der Waals surface area contributed by atoms with Crippen molar-refractivity contribution < 1.29 is 37.0 Å².